The molecule has 1 aromatic rings. The summed E-state index contributed by atoms with van der Waals surface area (Å²) in [6.07, 6.45) is 6.67. The lowest BCUT2D eigenvalue weighted by Crippen LogP contribution is -2.42. The number of ether oxygens (including phenoxy) is 1. The van der Waals surface area contributed by atoms with Crippen molar-refractivity contribution in [3.05, 3.63) is 30.1 Å². The summed E-state index contributed by atoms with van der Waals surface area (Å²) < 4.78 is 5.38. The summed E-state index contributed by atoms with van der Waals surface area (Å²) in [7, 11) is 0. The second-order valence-electron chi connectivity index (χ2n) is 6.39. The monoisotopic (exact) mass is 318 g/mol. The summed E-state index contributed by atoms with van der Waals surface area (Å²) in [5.41, 5.74) is 1.16. The second kappa shape index (κ2) is 8.65. The topological polar surface area (TPSA) is 59.5 Å². The molecule has 1 fully saturated rings. The molecule has 2 rings (SSSR count). The molecule has 0 radical (unpaired) electrons. The highest BCUT2D eigenvalue weighted by Gasteiger charge is 2.28. The van der Waals surface area contributed by atoms with Gasteiger partial charge in [-0.15, -0.1) is 0 Å². The van der Waals surface area contributed by atoms with Crippen LogP contribution in [0.3, 0.4) is 0 Å². The first kappa shape index (κ1) is 17.4. The number of esters is 1. The van der Waals surface area contributed by atoms with E-state index in [1.165, 1.54) is 0 Å². The third-order valence-corrected chi connectivity index (χ3v) is 4.21. The molecule has 5 heteroatoms. The molecule has 0 N–H and O–H groups in total. The largest absolute Gasteiger partial charge is 0.465 e. The highest BCUT2D eigenvalue weighted by molar-refractivity contribution is 5.79. The van der Waals surface area contributed by atoms with E-state index < -0.39 is 0 Å². The van der Waals surface area contributed by atoms with Gasteiger partial charge in [-0.3, -0.25) is 14.6 Å². The first-order valence-corrected chi connectivity index (χ1v) is 8.42. The van der Waals surface area contributed by atoms with Gasteiger partial charge in [0.2, 0.25) is 5.91 Å². The molecular weight excluding hydrogens is 292 g/mol. The first-order chi connectivity index (χ1) is 11.1. The maximum atomic E-state index is 12.1. The predicted molar refractivity (Wildman–Crippen MR) is 87.7 cm³/mol. The molecular formula is C18H26N2O3. The fourth-order valence-corrected chi connectivity index (χ4v) is 2.81. The van der Waals surface area contributed by atoms with Crippen molar-refractivity contribution in [3.63, 3.8) is 0 Å². The normalized spacial score (nSPS) is 15.7. The Bertz CT molecular complexity index is 508. The number of hydrogen-bond acceptors (Lipinski definition) is 4. The van der Waals surface area contributed by atoms with Crippen molar-refractivity contribution >= 4 is 11.9 Å². The second-order valence-corrected chi connectivity index (χ2v) is 6.39. The Kier molecular flexibility index (Phi) is 6.56. The molecule has 1 aliphatic rings. The average Bonchev–Trinajstić information content (AvgIpc) is 2.59. The fraction of sp³-hybridized carbons (Fsp3) is 0.611. The van der Waals surface area contributed by atoms with Crippen LogP contribution in [-0.4, -0.2) is 41.5 Å². The van der Waals surface area contributed by atoms with Crippen LogP contribution in [0.5, 0.6) is 0 Å². The van der Waals surface area contributed by atoms with Crippen molar-refractivity contribution in [2.75, 3.05) is 19.7 Å². The molecule has 1 aliphatic heterocycles. The fourth-order valence-electron chi connectivity index (χ4n) is 2.81. The van der Waals surface area contributed by atoms with Gasteiger partial charge in [0.25, 0.3) is 0 Å². The molecule has 0 spiro atoms. The Labute approximate surface area is 138 Å². The smallest absolute Gasteiger partial charge is 0.309 e. The van der Waals surface area contributed by atoms with E-state index in [1.54, 1.807) is 6.20 Å². The number of aromatic nitrogens is 1. The lowest BCUT2D eigenvalue weighted by atomic mass is 9.96. The van der Waals surface area contributed by atoms with E-state index in [1.807, 2.05) is 37.1 Å². The molecule has 0 aliphatic carbocycles. The lowest BCUT2D eigenvalue weighted by Gasteiger charge is -2.32. The molecule has 5 nitrogen and oxygen atoms in total. The highest BCUT2D eigenvalue weighted by Crippen LogP contribution is 2.20. The predicted octanol–water partition coefficient (Wildman–Crippen LogP) is 2.45. The zero-order chi connectivity index (χ0) is 16.7. The molecule has 1 saturated heterocycles. The van der Waals surface area contributed by atoms with Crippen molar-refractivity contribution < 1.29 is 14.3 Å². The number of rotatable bonds is 6. The molecule has 0 bridgehead atoms. The molecule has 1 aromatic heterocycles. The highest BCUT2D eigenvalue weighted by atomic mass is 16.5. The number of carbonyl (C=O) groups is 2. The molecule has 126 valence electrons. The van der Waals surface area contributed by atoms with Crippen molar-refractivity contribution in [3.8, 4) is 0 Å². The van der Waals surface area contributed by atoms with Crippen LogP contribution in [0.15, 0.2) is 24.5 Å². The van der Waals surface area contributed by atoms with E-state index >= 15 is 0 Å². The number of piperidine rings is 1. The van der Waals surface area contributed by atoms with E-state index in [-0.39, 0.29) is 23.7 Å². The maximum Gasteiger partial charge on any atom is 0.309 e. The van der Waals surface area contributed by atoms with E-state index in [0.29, 0.717) is 32.5 Å². The van der Waals surface area contributed by atoms with Crippen LogP contribution < -0.4 is 0 Å². The summed E-state index contributed by atoms with van der Waals surface area (Å²) >= 11 is 0. The molecule has 1 amide bonds. The standard InChI is InChI=1S/C18H26N2O3/c1-14(2)17(21)20-10-7-16(8-11-20)18(22)23-12-4-6-15-5-3-9-19-13-15/h3,5,9,13-14,16H,4,6-8,10-12H2,1-2H3. The van der Waals surface area contributed by atoms with Crippen molar-refractivity contribution in [1.29, 1.82) is 0 Å². The lowest BCUT2D eigenvalue weighted by molar-refractivity contribution is -0.152. The Balaban J connectivity index is 1.64. The number of carbonyl (C=O) groups excluding carboxylic acids is 2. The van der Waals surface area contributed by atoms with Gasteiger partial charge in [-0.2, -0.15) is 0 Å². The Morgan fingerprint density at radius 3 is 2.70 bits per heavy atom. The van der Waals surface area contributed by atoms with Gasteiger partial charge in [0.05, 0.1) is 12.5 Å². The van der Waals surface area contributed by atoms with Crippen LogP contribution in [0.25, 0.3) is 0 Å². The molecule has 0 atom stereocenters. The molecule has 23 heavy (non-hydrogen) atoms. The minimum Gasteiger partial charge on any atom is -0.465 e. The quantitative estimate of drug-likeness (QED) is 0.597. The van der Waals surface area contributed by atoms with E-state index in [9.17, 15) is 9.59 Å². The van der Waals surface area contributed by atoms with E-state index in [4.69, 9.17) is 4.74 Å². The summed E-state index contributed by atoms with van der Waals surface area (Å²) in [5, 5.41) is 0. The van der Waals surface area contributed by atoms with Gasteiger partial charge in [-0.25, -0.2) is 0 Å². The number of likely N-dealkylation sites (tertiary alicyclic amines) is 1. The van der Waals surface area contributed by atoms with Crippen molar-refractivity contribution in [1.82, 2.24) is 9.88 Å². The maximum absolute atomic E-state index is 12.1. The first-order valence-electron chi connectivity index (χ1n) is 8.42. The molecule has 0 saturated carbocycles. The van der Waals surface area contributed by atoms with Gasteiger partial charge in [-0.1, -0.05) is 19.9 Å². The van der Waals surface area contributed by atoms with Gasteiger partial charge in [0.1, 0.15) is 0 Å². The van der Waals surface area contributed by atoms with Crippen LogP contribution in [-0.2, 0) is 20.7 Å². The van der Waals surface area contributed by atoms with Crippen LogP contribution in [0.2, 0.25) is 0 Å². The Morgan fingerprint density at radius 2 is 2.09 bits per heavy atom. The SMILES string of the molecule is CC(C)C(=O)N1CCC(C(=O)OCCCc2cccnc2)CC1. The molecule has 2 heterocycles. The van der Waals surface area contributed by atoms with Crippen LogP contribution in [0.1, 0.15) is 38.7 Å². The number of nitrogens with zero attached hydrogens (tertiary/aromatic N) is 2. The number of amides is 1. The van der Waals surface area contributed by atoms with Crippen molar-refractivity contribution in [2.45, 2.75) is 39.5 Å². The molecule has 0 aromatic carbocycles. The summed E-state index contributed by atoms with van der Waals surface area (Å²) in [5.74, 6) is 0.0108. The van der Waals surface area contributed by atoms with Gasteiger partial charge >= 0.3 is 5.97 Å². The third-order valence-electron chi connectivity index (χ3n) is 4.21. The van der Waals surface area contributed by atoms with Gasteiger partial charge in [0.15, 0.2) is 0 Å². The summed E-state index contributed by atoms with van der Waals surface area (Å²) in [6, 6.07) is 3.93. The van der Waals surface area contributed by atoms with Crippen molar-refractivity contribution in [2.24, 2.45) is 11.8 Å². The van der Waals surface area contributed by atoms with Crippen LogP contribution in [0.4, 0.5) is 0 Å². The summed E-state index contributed by atoms with van der Waals surface area (Å²) in [4.78, 5) is 29.9. The zero-order valence-corrected chi connectivity index (χ0v) is 14.0. The van der Waals surface area contributed by atoms with E-state index in [2.05, 4.69) is 4.98 Å². The average molecular weight is 318 g/mol. The zero-order valence-electron chi connectivity index (χ0n) is 14.0. The Hall–Kier alpha value is -1.91. The summed E-state index contributed by atoms with van der Waals surface area (Å²) in [6.45, 7) is 5.58. The van der Waals surface area contributed by atoms with Gasteiger partial charge in [0, 0.05) is 31.4 Å². The van der Waals surface area contributed by atoms with Gasteiger partial charge in [-0.05, 0) is 37.3 Å². The molecule has 0 unspecified atom stereocenters. The minimum absolute atomic E-state index is 0.0194. The minimum atomic E-state index is -0.118. The number of aryl methyl sites for hydroxylation is 1. The third kappa shape index (κ3) is 5.34. The number of hydrogen-bond donors (Lipinski definition) is 0. The van der Waals surface area contributed by atoms with Crippen LogP contribution in [0, 0.1) is 11.8 Å². The van der Waals surface area contributed by atoms with E-state index in [0.717, 1.165) is 18.4 Å². The van der Waals surface area contributed by atoms with Gasteiger partial charge < -0.3 is 9.64 Å². The number of pyridine rings is 1. The van der Waals surface area contributed by atoms with Crippen LogP contribution >= 0.6 is 0 Å². The Morgan fingerprint density at radius 1 is 1.35 bits per heavy atom.